The van der Waals surface area contributed by atoms with E-state index >= 15 is 0 Å². The third-order valence-corrected chi connectivity index (χ3v) is 5.75. The summed E-state index contributed by atoms with van der Waals surface area (Å²) < 4.78 is 37.4. The summed E-state index contributed by atoms with van der Waals surface area (Å²) in [5, 5.41) is 12.3. The van der Waals surface area contributed by atoms with Crippen LogP contribution >= 0.6 is 0 Å². The van der Waals surface area contributed by atoms with Crippen LogP contribution in [-0.4, -0.2) is 32.4 Å². The van der Waals surface area contributed by atoms with Crippen LogP contribution in [0.3, 0.4) is 0 Å². The molecule has 2 unspecified atom stereocenters. The highest BCUT2D eigenvalue weighted by molar-refractivity contribution is 7.91. The van der Waals surface area contributed by atoms with Gasteiger partial charge < -0.3 is 10.4 Å². The fourth-order valence-corrected chi connectivity index (χ4v) is 4.25. The van der Waals surface area contributed by atoms with Crippen LogP contribution in [0.4, 0.5) is 4.39 Å². The molecule has 21 heavy (non-hydrogen) atoms. The van der Waals surface area contributed by atoms with Crippen molar-refractivity contribution in [2.45, 2.75) is 37.1 Å². The van der Waals surface area contributed by atoms with E-state index in [0.29, 0.717) is 12.0 Å². The van der Waals surface area contributed by atoms with E-state index in [-0.39, 0.29) is 29.2 Å². The summed E-state index contributed by atoms with van der Waals surface area (Å²) in [4.78, 5) is 0.247. The summed E-state index contributed by atoms with van der Waals surface area (Å²) in [7, 11) is -3.28. The molecule has 0 aliphatic carbocycles. The van der Waals surface area contributed by atoms with E-state index in [9.17, 15) is 12.8 Å². The summed E-state index contributed by atoms with van der Waals surface area (Å²) in [6.45, 7) is 2.89. The molecule has 2 atom stereocenters. The Labute approximate surface area is 125 Å². The quantitative estimate of drug-likeness (QED) is 0.623. The highest BCUT2D eigenvalue weighted by atomic mass is 32.2. The van der Waals surface area contributed by atoms with Crippen molar-refractivity contribution >= 4 is 9.84 Å². The lowest BCUT2D eigenvalue weighted by Crippen LogP contribution is -2.30. The number of nitrogens with one attached hydrogen (secondary N) is 1. The Hall–Kier alpha value is -0.980. The minimum atomic E-state index is -3.28. The van der Waals surface area contributed by atoms with Crippen molar-refractivity contribution in [1.29, 1.82) is 0 Å². The van der Waals surface area contributed by atoms with Gasteiger partial charge in [0.25, 0.3) is 0 Å². The number of rotatable bonds is 6. The lowest BCUT2D eigenvalue weighted by atomic mass is 10.0. The van der Waals surface area contributed by atoms with Crippen LogP contribution < -0.4 is 5.32 Å². The molecule has 0 aromatic heterocycles. The zero-order valence-electron chi connectivity index (χ0n) is 12.2. The predicted octanol–water partition coefficient (Wildman–Crippen LogP) is 2.04. The molecular formula is C15H22FNO3S. The first kappa shape index (κ1) is 16.4. The summed E-state index contributed by atoms with van der Waals surface area (Å²) in [5.41, 5.74) is 0.538. The number of aliphatic hydroxyl groups excluding tert-OH is 1. The van der Waals surface area contributed by atoms with Gasteiger partial charge >= 0.3 is 0 Å². The van der Waals surface area contributed by atoms with Gasteiger partial charge in [0.15, 0.2) is 9.84 Å². The molecule has 0 saturated heterocycles. The van der Waals surface area contributed by atoms with Gasteiger partial charge in [-0.15, -0.1) is 0 Å². The van der Waals surface area contributed by atoms with E-state index in [2.05, 4.69) is 5.32 Å². The van der Waals surface area contributed by atoms with Gasteiger partial charge in [0.1, 0.15) is 5.82 Å². The number of fused-ring (bicyclic) bond motifs is 1. The van der Waals surface area contributed by atoms with Crippen molar-refractivity contribution in [3.8, 4) is 0 Å². The van der Waals surface area contributed by atoms with Gasteiger partial charge in [0.05, 0.1) is 10.6 Å². The number of hydrogen-bond donors (Lipinski definition) is 2. The fourth-order valence-electron chi connectivity index (χ4n) is 2.64. The Morgan fingerprint density at radius 3 is 2.95 bits per heavy atom. The second-order valence-corrected chi connectivity index (χ2v) is 7.80. The maximum Gasteiger partial charge on any atom is 0.178 e. The van der Waals surface area contributed by atoms with Crippen LogP contribution in [0.5, 0.6) is 0 Å². The van der Waals surface area contributed by atoms with E-state index in [0.717, 1.165) is 19.4 Å². The van der Waals surface area contributed by atoms with Crippen molar-refractivity contribution in [2.75, 3.05) is 18.9 Å². The van der Waals surface area contributed by atoms with Crippen molar-refractivity contribution in [1.82, 2.24) is 5.32 Å². The molecule has 1 aliphatic rings. The predicted molar refractivity (Wildman–Crippen MR) is 79.3 cm³/mol. The summed E-state index contributed by atoms with van der Waals surface area (Å²) >= 11 is 0. The summed E-state index contributed by atoms with van der Waals surface area (Å²) in [6.07, 6.45) is 2.27. The maximum atomic E-state index is 13.4. The zero-order chi connectivity index (χ0) is 15.5. The average Bonchev–Trinajstić information content (AvgIpc) is 2.45. The Morgan fingerprint density at radius 2 is 2.24 bits per heavy atom. The topological polar surface area (TPSA) is 66.4 Å². The number of halogens is 1. The van der Waals surface area contributed by atoms with Gasteiger partial charge in [0, 0.05) is 12.6 Å². The van der Waals surface area contributed by atoms with Crippen molar-refractivity contribution < 1.29 is 17.9 Å². The normalized spacial score (nSPS) is 21.8. The first-order valence-corrected chi connectivity index (χ1v) is 8.95. The molecule has 4 nitrogen and oxygen atoms in total. The van der Waals surface area contributed by atoms with Crippen LogP contribution in [0.25, 0.3) is 0 Å². The Balaban J connectivity index is 2.04. The van der Waals surface area contributed by atoms with E-state index in [4.69, 9.17) is 5.11 Å². The molecule has 118 valence electrons. The monoisotopic (exact) mass is 315 g/mol. The molecule has 0 spiro atoms. The molecule has 2 rings (SSSR count). The Kier molecular flexibility index (Phi) is 5.35. The second-order valence-electron chi connectivity index (χ2n) is 5.73. The lowest BCUT2D eigenvalue weighted by molar-refractivity contribution is 0.227. The smallest absolute Gasteiger partial charge is 0.178 e. The Bertz CT molecular complexity index is 589. The highest BCUT2D eigenvalue weighted by Gasteiger charge is 2.30. The molecule has 6 heteroatoms. The van der Waals surface area contributed by atoms with Crippen molar-refractivity contribution in [3.05, 3.63) is 29.6 Å². The number of hydrogen-bond acceptors (Lipinski definition) is 4. The van der Waals surface area contributed by atoms with Crippen LogP contribution in [-0.2, 0) is 9.84 Å². The van der Waals surface area contributed by atoms with E-state index in [1.54, 1.807) is 0 Å². The largest absolute Gasteiger partial charge is 0.396 e. The molecule has 1 aliphatic heterocycles. The van der Waals surface area contributed by atoms with Crippen molar-refractivity contribution in [2.24, 2.45) is 5.92 Å². The minimum Gasteiger partial charge on any atom is -0.396 e. The molecule has 1 aromatic rings. The third kappa shape index (κ3) is 4.02. The second kappa shape index (κ2) is 6.85. The SMILES string of the molecule is CC(CO)CCCNC1CCS(=O)(=O)c2ccc(F)cc21. The van der Waals surface area contributed by atoms with E-state index in [1.807, 2.05) is 6.92 Å². The molecule has 0 radical (unpaired) electrons. The van der Waals surface area contributed by atoms with Crippen LogP contribution in [0, 0.1) is 11.7 Å². The van der Waals surface area contributed by atoms with Gasteiger partial charge in [0.2, 0.25) is 0 Å². The first-order valence-electron chi connectivity index (χ1n) is 7.30. The highest BCUT2D eigenvalue weighted by Crippen LogP contribution is 2.32. The van der Waals surface area contributed by atoms with Crippen LogP contribution in [0.15, 0.2) is 23.1 Å². The molecule has 0 bridgehead atoms. The molecule has 2 N–H and O–H groups in total. The van der Waals surface area contributed by atoms with E-state index < -0.39 is 15.7 Å². The zero-order valence-corrected chi connectivity index (χ0v) is 13.0. The van der Waals surface area contributed by atoms with Gasteiger partial charge in [-0.2, -0.15) is 0 Å². The van der Waals surface area contributed by atoms with Crippen molar-refractivity contribution in [3.63, 3.8) is 0 Å². The molecule has 0 fully saturated rings. The lowest BCUT2D eigenvalue weighted by Gasteiger charge is -2.26. The first-order chi connectivity index (χ1) is 9.94. The van der Waals surface area contributed by atoms with Gasteiger partial charge in [-0.25, -0.2) is 12.8 Å². The molecule has 1 aromatic carbocycles. The van der Waals surface area contributed by atoms with E-state index in [1.165, 1.54) is 18.2 Å². The molecule has 0 saturated carbocycles. The average molecular weight is 315 g/mol. The molecule has 0 amide bonds. The summed E-state index contributed by atoms with van der Waals surface area (Å²) in [5.74, 6) is -0.0501. The third-order valence-electron chi connectivity index (χ3n) is 3.93. The molecular weight excluding hydrogens is 293 g/mol. The minimum absolute atomic E-state index is 0.0936. The van der Waals surface area contributed by atoms with Gasteiger partial charge in [-0.1, -0.05) is 6.92 Å². The number of sulfone groups is 1. The fraction of sp³-hybridized carbons (Fsp3) is 0.600. The maximum absolute atomic E-state index is 13.4. The molecule has 1 heterocycles. The van der Waals surface area contributed by atoms with Crippen LogP contribution in [0.1, 0.15) is 37.8 Å². The van der Waals surface area contributed by atoms with Gasteiger partial charge in [-0.3, -0.25) is 0 Å². The number of benzene rings is 1. The van der Waals surface area contributed by atoms with Gasteiger partial charge in [-0.05, 0) is 55.5 Å². The van der Waals surface area contributed by atoms with Crippen LogP contribution in [0.2, 0.25) is 0 Å². The number of aliphatic hydroxyl groups is 1. The standard InChI is InChI=1S/C15H22FNO3S/c1-11(10-18)3-2-7-17-14-6-8-21(19,20)15-5-4-12(16)9-13(14)15/h4-5,9,11,14,17-18H,2-3,6-8,10H2,1H3. The summed E-state index contributed by atoms with van der Waals surface area (Å²) in [6, 6.07) is 3.76. The Morgan fingerprint density at radius 1 is 1.48 bits per heavy atom.